The van der Waals surface area contributed by atoms with Crippen LogP contribution in [0.2, 0.25) is 0 Å². The van der Waals surface area contributed by atoms with Crippen molar-refractivity contribution in [2.24, 2.45) is 5.92 Å². The molecule has 0 aromatic rings. The van der Waals surface area contributed by atoms with Gasteiger partial charge in [0, 0.05) is 6.04 Å². The molecule has 0 heterocycles. The highest BCUT2D eigenvalue weighted by atomic mass is 16.3. The van der Waals surface area contributed by atoms with Crippen LogP contribution in [0.1, 0.15) is 38.5 Å². The van der Waals surface area contributed by atoms with E-state index in [0.29, 0.717) is 12.6 Å². The highest BCUT2D eigenvalue weighted by Crippen LogP contribution is 2.27. The Morgan fingerprint density at radius 1 is 1.23 bits per heavy atom. The van der Waals surface area contributed by atoms with Crippen LogP contribution in [0.5, 0.6) is 0 Å². The second-order valence-corrected chi connectivity index (χ2v) is 4.54. The third-order valence-corrected chi connectivity index (χ3v) is 3.27. The Kier molecular flexibility index (Phi) is 4.74. The third kappa shape index (κ3) is 3.65. The first-order valence-corrected chi connectivity index (χ1v) is 5.51. The molecule has 1 aliphatic carbocycles. The maximum atomic E-state index is 9.19. The summed E-state index contributed by atoms with van der Waals surface area (Å²) >= 11 is 0. The molecular weight excluding hydrogens is 162 g/mol. The molecule has 0 bridgehead atoms. The minimum atomic E-state index is 0.309. The van der Waals surface area contributed by atoms with Gasteiger partial charge in [0.25, 0.3) is 0 Å². The fourth-order valence-corrected chi connectivity index (χ4v) is 2.26. The van der Waals surface area contributed by atoms with Gasteiger partial charge in [-0.25, -0.2) is 0 Å². The van der Waals surface area contributed by atoms with Crippen molar-refractivity contribution < 1.29 is 5.11 Å². The van der Waals surface area contributed by atoms with Crippen LogP contribution in [0.3, 0.4) is 0 Å². The predicted octanol–water partition coefficient (Wildman–Crippen LogP) is 1.88. The molecule has 1 N–H and O–H groups in total. The van der Waals surface area contributed by atoms with E-state index in [4.69, 9.17) is 0 Å². The number of hydrogen-bond donors (Lipinski definition) is 1. The maximum absolute atomic E-state index is 9.19. The Labute approximate surface area is 81.9 Å². The van der Waals surface area contributed by atoms with Crippen LogP contribution < -0.4 is 0 Å². The topological polar surface area (TPSA) is 23.5 Å². The summed E-state index contributed by atoms with van der Waals surface area (Å²) < 4.78 is 0. The monoisotopic (exact) mass is 185 g/mol. The summed E-state index contributed by atoms with van der Waals surface area (Å²) in [5.74, 6) is 0.869. The van der Waals surface area contributed by atoms with Gasteiger partial charge >= 0.3 is 0 Å². The molecular formula is C11H23NO. The van der Waals surface area contributed by atoms with Crippen molar-refractivity contribution >= 4 is 0 Å². The fourth-order valence-electron chi connectivity index (χ4n) is 2.26. The summed E-state index contributed by atoms with van der Waals surface area (Å²) in [4.78, 5) is 2.15. The second kappa shape index (κ2) is 5.61. The standard InChI is InChI=1S/C11H23NO/c1-12(2)11(9-13)8-10-6-4-3-5-7-10/h10-11,13H,3-9H2,1-2H3. The Morgan fingerprint density at radius 3 is 2.31 bits per heavy atom. The molecule has 0 spiro atoms. The average molecular weight is 185 g/mol. The summed E-state index contributed by atoms with van der Waals surface area (Å²) in [6, 6.07) is 0.378. The lowest BCUT2D eigenvalue weighted by Gasteiger charge is -2.29. The molecule has 0 aromatic carbocycles. The van der Waals surface area contributed by atoms with Gasteiger partial charge in [-0.15, -0.1) is 0 Å². The average Bonchev–Trinajstić information content (AvgIpc) is 2.15. The van der Waals surface area contributed by atoms with Gasteiger partial charge in [-0.05, 0) is 26.4 Å². The number of aliphatic hydroxyl groups excluding tert-OH is 1. The van der Waals surface area contributed by atoms with E-state index < -0.39 is 0 Å². The molecule has 1 aliphatic rings. The van der Waals surface area contributed by atoms with Gasteiger partial charge in [0.2, 0.25) is 0 Å². The Morgan fingerprint density at radius 2 is 1.85 bits per heavy atom. The van der Waals surface area contributed by atoms with Crippen molar-refractivity contribution in [3.8, 4) is 0 Å². The molecule has 0 aliphatic heterocycles. The molecule has 1 saturated carbocycles. The number of aliphatic hydroxyl groups is 1. The smallest absolute Gasteiger partial charge is 0.0586 e. The Bertz CT molecular complexity index is 130. The Balaban J connectivity index is 2.27. The number of hydrogen-bond acceptors (Lipinski definition) is 2. The van der Waals surface area contributed by atoms with Crippen LogP contribution in [0, 0.1) is 5.92 Å². The van der Waals surface area contributed by atoms with Gasteiger partial charge in [-0.3, -0.25) is 0 Å². The van der Waals surface area contributed by atoms with Crippen molar-refractivity contribution in [2.45, 2.75) is 44.6 Å². The zero-order valence-corrected chi connectivity index (χ0v) is 9.00. The molecule has 1 rings (SSSR count). The minimum Gasteiger partial charge on any atom is -0.395 e. The number of likely N-dealkylation sites (N-methyl/N-ethyl adjacent to an activating group) is 1. The molecule has 0 saturated heterocycles. The van der Waals surface area contributed by atoms with Gasteiger partial charge in [0.15, 0.2) is 0 Å². The van der Waals surface area contributed by atoms with Crippen molar-refractivity contribution in [3.63, 3.8) is 0 Å². The molecule has 0 amide bonds. The molecule has 1 atom stereocenters. The van der Waals surface area contributed by atoms with Crippen LogP contribution in [0.4, 0.5) is 0 Å². The molecule has 1 unspecified atom stereocenters. The van der Waals surface area contributed by atoms with Gasteiger partial charge in [-0.1, -0.05) is 32.1 Å². The predicted molar refractivity (Wildman–Crippen MR) is 55.8 cm³/mol. The minimum absolute atomic E-state index is 0.309. The lowest BCUT2D eigenvalue weighted by molar-refractivity contribution is 0.136. The molecule has 13 heavy (non-hydrogen) atoms. The lowest BCUT2D eigenvalue weighted by atomic mass is 9.85. The van der Waals surface area contributed by atoms with E-state index in [0.717, 1.165) is 5.92 Å². The number of nitrogens with zero attached hydrogens (tertiary/aromatic N) is 1. The second-order valence-electron chi connectivity index (χ2n) is 4.54. The van der Waals surface area contributed by atoms with Crippen molar-refractivity contribution in [3.05, 3.63) is 0 Å². The molecule has 2 heteroatoms. The van der Waals surface area contributed by atoms with Crippen LogP contribution in [0.15, 0.2) is 0 Å². The van der Waals surface area contributed by atoms with Crippen LogP contribution in [0.25, 0.3) is 0 Å². The molecule has 78 valence electrons. The highest BCUT2D eigenvalue weighted by Gasteiger charge is 2.19. The zero-order chi connectivity index (χ0) is 9.68. The first-order chi connectivity index (χ1) is 6.24. The largest absolute Gasteiger partial charge is 0.395 e. The van der Waals surface area contributed by atoms with Gasteiger partial charge in [0.05, 0.1) is 6.61 Å². The first kappa shape index (κ1) is 11.0. The zero-order valence-electron chi connectivity index (χ0n) is 9.00. The summed E-state index contributed by atoms with van der Waals surface area (Å²) in [5, 5.41) is 9.19. The first-order valence-electron chi connectivity index (χ1n) is 5.51. The lowest BCUT2D eigenvalue weighted by Crippen LogP contribution is -2.33. The molecule has 0 aromatic heterocycles. The van der Waals surface area contributed by atoms with Gasteiger partial charge in [0.1, 0.15) is 0 Å². The maximum Gasteiger partial charge on any atom is 0.0586 e. The van der Waals surface area contributed by atoms with Crippen LogP contribution in [-0.4, -0.2) is 36.8 Å². The van der Waals surface area contributed by atoms with Crippen molar-refractivity contribution in [2.75, 3.05) is 20.7 Å². The summed E-state index contributed by atoms with van der Waals surface area (Å²) in [7, 11) is 4.12. The quantitative estimate of drug-likeness (QED) is 0.723. The fraction of sp³-hybridized carbons (Fsp3) is 1.00. The van der Waals surface area contributed by atoms with E-state index in [2.05, 4.69) is 19.0 Å². The van der Waals surface area contributed by atoms with E-state index in [1.54, 1.807) is 0 Å². The molecule has 0 radical (unpaired) electrons. The summed E-state index contributed by atoms with van der Waals surface area (Å²) in [6.45, 7) is 0.309. The normalized spacial score (nSPS) is 22.2. The molecule has 2 nitrogen and oxygen atoms in total. The van der Waals surface area contributed by atoms with Crippen LogP contribution >= 0.6 is 0 Å². The summed E-state index contributed by atoms with van der Waals surface area (Å²) in [6.07, 6.45) is 8.16. The van der Waals surface area contributed by atoms with Crippen LogP contribution in [-0.2, 0) is 0 Å². The van der Waals surface area contributed by atoms with E-state index in [-0.39, 0.29) is 0 Å². The highest BCUT2D eigenvalue weighted by molar-refractivity contribution is 4.73. The van der Waals surface area contributed by atoms with Crippen molar-refractivity contribution in [1.82, 2.24) is 4.90 Å². The van der Waals surface area contributed by atoms with E-state index >= 15 is 0 Å². The van der Waals surface area contributed by atoms with Gasteiger partial charge < -0.3 is 10.0 Å². The van der Waals surface area contributed by atoms with E-state index in [9.17, 15) is 5.11 Å². The van der Waals surface area contributed by atoms with Crippen molar-refractivity contribution in [1.29, 1.82) is 0 Å². The van der Waals surface area contributed by atoms with E-state index in [1.165, 1.54) is 38.5 Å². The van der Waals surface area contributed by atoms with Gasteiger partial charge in [-0.2, -0.15) is 0 Å². The molecule has 1 fully saturated rings. The van der Waals surface area contributed by atoms with E-state index in [1.807, 2.05) is 0 Å². The SMILES string of the molecule is CN(C)C(CO)CC1CCCCC1. The number of rotatable bonds is 4. The Hall–Kier alpha value is -0.0800. The summed E-state index contributed by atoms with van der Waals surface area (Å²) in [5.41, 5.74) is 0. The third-order valence-electron chi connectivity index (χ3n) is 3.27.